The van der Waals surface area contributed by atoms with Crippen LogP contribution in [0.5, 0.6) is 0 Å². The van der Waals surface area contributed by atoms with Gasteiger partial charge in [-0.3, -0.25) is 4.79 Å². The highest BCUT2D eigenvalue weighted by atomic mass is 32.2. The van der Waals surface area contributed by atoms with Crippen LogP contribution in [0, 0.1) is 11.6 Å². The van der Waals surface area contributed by atoms with Gasteiger partial charge in [0.1, 0.15) is 21.9 Å². The third-order valence-electron chi connectivity index (χ3n) is 4.35. The Balaban J connectivity index is 1.76. The third kappa shape index (κ3) is 3.65. The van der Waals surface area contributed by atoms with Crippen LogP contribution in [0.4, 0.5) is 8.78 Å². The largest absolute Gasteiger partial charge is 0.348 e. The predicted octanol–water partition coefficient (Wildman–Crippen LogP) is 3.06. The number of benzene rings is 1. The number of hydrogen-bond acceptors (Lipinski definition) is 4. The van der Waals surface area contributed by atoms with E-state index in [0.717, 1.165) is 23.5 Å². The number of thiophene rings is 1. The first-order valence-electron chi connectivity index (χ1n) is 8.11. The lowest BCUT2D eigenvalue weighted by Crippen LogP contribution is -2.46. The predicted molar refractivity (Wildman–Crippen MR) is 94.1 cm³/mol. The molecule has 2 atom stereocenters. The Morgan fingerprint density at radius 2 is 2.12 bits per heavy atom. The van der Waals surface area contributed by atoms with Crippen LogP contribution in [0.3, 0.4) is 0 Å². The van der Waals surface area contributed by atoms with E-state index in [4.69, 9.17) is 0 Å². The molecular formula is C17H18F2N2O3S2. The lowest BCUT2D eigenvalue weighted by atomic mass is 10.1. The molecule has 0 radical (unpaired) electrons. The summed E-state index contributed by atoms with van der Waals surface area (Å²) in [5.74, 6) is -1.94. The minimum atomic E-state index is -3.74. The average molecular weight is 400 g/mol. The fraction of sp³-hybridized carbons (Fsp3) is 0.353. The normalized spacial score (nSPS) is 19.4. The van der Waals surface area contributed by atoms with Crippen LogP contribution < -0.4 is 5.32 Å². The Morgan fingerprint density at radius 1 is 1.35 bits per heavy atom. The lowest BCUT2D eigenvalue weighted by Gasteiger charge is -2.24. The summed E-state index contributed by atoms with van der Waals surface area (Å²) in [6, 6.07) is 4.73. The molecule has 2 aromatic rings. The summed E-state index contributed by atoms with van der Waals surface area (Å²) >= 11 is 1.10. The maximum Gasteiger partial charge on any atom is 0.253 e. The van der Waals surface area contributed by atoms with Gasteiger partial charge in [0.05, 0.1) is 6.04 Å². The van der Waals surface area contributed by atoms with Crippen molar-refractivity contribution in [3.8, 4) is 0 Å². The zero-order valence-corrected chi connectivity index (χ0v) is 15.6. The van der Waals surface area contributed by atoms with Gasteiger partial charge in [0.2, 0.25) is 5.91 Å². The van der Waals surface area contributed by atoms with E-state index in [0.29, 0.717) is 12.8 Å². The number of hydrogen-bond donors (Lipinski definition) is 1. The first kappa shape index (κ1) is 18.9. The van der Waals surface area contributed by atoms with Crippen molar-refractivity contribution in [3.63, 3.8) is 0 Å². The second kappa shape index (κ2) is 7.42. The minimum Gasteiger partial charge on any atom is -0.348 e. The molecule has 1 aliphatic rings. The zero-order chi connectivity index (χ0) is 18.9. The van der Waals surface area contributed by atoms with Crippen molar-refractivity contribution < 1.29 is 22.0 Å². The van der Waals surface area contributed by atoms with Gasteiger partial charge in [-0.1, -0.05) is 12.1 Å². The minimum absolute atomic E-state index is 0.144. The molecule has 1 aromatic carbocycles. The molecule has 9 heteroatoms. The third-order valence-corrected chi connectivity index (χ3v) is 7.63. The van der Waals surface area contributed by atoms with E-state index in [1.807, 2.05) is 0 Å². The second-order valence-electron chi connectivity index (χ2n) is 6.10. The van der Waals surface area contributed by atoms with E-state index >= 15 is 0 Å². The van der Waals surface area contributed by atoms with Crippen molar-refractivity contribution in [1.29, 1.82) is 0 Å². The summed E-state index contributed by atoms with van der Waals surface area (Å²) in [5, 5.41) is 4.31. The highest BCUT2D eigenvalue weighted by Crippen LogP contribution is 2.29. The number of nitrogens with one attached hydrogen (secondary N) is 1. The van der Waals surface area contributed by atoms with Gasteiger partial charge in [-0.25, -0.2) is 17.2 Å². The molecule has 1 aromatic heterocycles. The first-order valence-corrected chi connectivity index (χ1v) is 10.4. The molecule has 140 valence electrons. The van der Waals surface area contributed by atoms with Gasteiger partial charge in [0.15, 0.2) is 0 Å². The van der Waals surface area contributed by atoms with E-state index in [-0.39, 0.29) is 16.3 Å². The second-order valence-corrected chi connectivity index (χ2v) is 9.17. The van der Waals surface area contributed by atoms with E-state index in [1.165, 1.54) is 16.4 Å². The number of carbonyl (C=O) groups is 1. The highest BCUT2D eigenvalue weighted by molar-refractivity contribution is 7.91. The molecule has 2 heterocycles. The Morgan fingerprint density at radius 3 is 2.77 bits per heavy atom. The monoisotopic (exact) mass is 400 g/mol. The van der Waals surface area contributed by atoms with E-state index in [2.05, 4.69) is 5.32 Å². The molecule has 0 bridgehead atoms. The summed E-state index contributed by atoms with van der Waals surface area (Å²) < 4.78 is 53.7. The molecule has 1 saturated heterocycles. The van der Waals surface area contributed by atoms with Gasteiger partial charge in [-0.15, -0.1) is 11.3 Å². The molecule has 1 fully saturated rings. The molecule has 2 unspecified atom stereocenters. The SMILES string of the molecule is CC(NC(=O)C1CCCN1S(=O)(=O)c1cccs1)c1ccc(F)cc1F. The molecule has 0 spiro atoms. The van der Waals surface area contributed by atoms with Gasteiger partial charge in [0.25, 0.3) is 10.0 Å². The fourth-order valence-electron chi connectivity index (χ4n) is 3.06. The lowest BCUT2D eigenvalue weighted by molar-refractivity contribution is -0.124. The maximum atomic E-state index is 13.9. The Labute approximate surface area is 154 Å². The highest BCUT2D eigenvalue weighted by Gasteiger charge is 2.40. The Bertz CT molecular complexity index is 901. The quantitative estimate of drug-likeness (QED) is 0.839. The Hall–Kier alpha value is -1.84. The van der Waals surface area contributed by atoms with Crippen molar-refractivity contribution in [1.82, 2.24) is 9.62 Å². The standard InChI is InChI=1S/C17H18F2N2O3S2/c1-11(13-7-6-12(18)10-14(13)19)20-17(22)15-4-2-8-21(15)26(23,24)16-5-3-9-25-16/h3,5-7,9-11,15H,2,4,8H2,1H3,(H,20,22). The van der Waals surface area contributed by atoms with Crippen LogP contribution in [0.15, 0.2) is 39.9 Å². The van der Waals surface area contributed by atoms with Crippen molar-refractivity contribution >= 4 is 27.3 Å². The van der Waals surface area contributed by atoms with Crippen LogP contribution in [-0.2, 0) is 14.8 Å². The number of amides is 1. The molecule has 3 rings (SSSR count). The van der Waals surface area contributed by atoms with E-state index in [9.17, 15) is 22.0 Å². The van der Waals surface area contributed by atoms with E-state index in [1.54, 1.807) is 18.4 Å². The number of halogens is 2. The fourth-order valence-corrected chi connectivity index (χ4v) is 5.83. The summed E-state index contributed by atoms with van der Waals surface area (Å²) in [6.07, 6.45) is 0.969. The smallest absolute Gasteiger partial charge is 0.253 e. The molecule has 1 amide bonds. The number of nitrogens with zero attached hydrogens (tertiary/aromatic N) is 1. The number of sulfonamides is 1. The summed E-state index contributed by atoms with van der Waals surface area (Å²) in [7, 11) is -3.74. The van der Waals surface area contributed by atoms with Gasteiger partial charge in [-0.2, -0.15) is 4.31 Å². The van der Waals surface area contributed by atoms with Crippen molar-refractivity contribution in [3.05, 3.63) is 52.9 Å². The van der Waals surface area contributed by atoms with Crippen molar-refractivity contribution in [2.75, 3.05) is 6.54 Å². The summed E-state index contributed by atoms with van der Waals surface area (Å²) in [5.41, 5.74) is 0.144. The molecule has 0 aliphatic carbocycles. The topological polar surface area (TPSA) is 66.5 Å². The maximum absolute atomic E-state index is 13.9. The average Bonchev–Trinajstić information content (AvgIpc) is 3.26. The van der Waals surface area contributed by atoms with Crippen molar-refractivity contribution in [2.45, 2.75) is 36.1 Å². The van der Waals surface area contributed by atoms with Crippen LogP contribution >= 0.6 is 11.3 Å². The van der Waals surface area contributed by atoms with Gasteiger partial charge in [0, 0.05) is 18.2 Å². The van der Waals surface area contributed by atoms with Gasteiger partial charge >= 0.3 is 0 Å². The molecule has 26 heavy (non-hydrogen) atoms. The zero-order valence-electron chi connectivity index (χ0n) is 14.0. The molecular weight excluding hydrogens is 382 g/mol. The van der Waals surface area contributed by atoms with Crippen LogP contribution in [0.1, 0.15) is 31.4 Å². The van der Waals surface area contributed by atoms with Crippen molar-refractivity contribution in [2.24, 2.45) is 0 Å². The molecule has 0 saturated carbocycles. The van der Waals surface area contributed by atoms with Crippen LogP contribution in [-0.4, -0.2) is 31.2 Å². The summed E-state index contributed by atoms with van der Waals surface area (Å²) in [4.78, 5) is 12.6. The number of rotatable bonds is 5. The first-order chi connectivity index (χ1) is 12.3. The molecule has 5 nitrogen and oxygen atoms in total. The number of carbonyl (C=O) groups excluding carboxylic acids is 1. The molecule has 1 aliphatic heterocycles. The van der Waals surface area contributed by atoms with E-state index < -0.39 is 39.6 Å². The Kier molecular flexibility index (Phi) is 5.40. The van der Waals surface area contributed by atoms with Crippen LogP contribution in [0.2, 0.25) is 0 Å². The molecule has 1 N–H and O–H groups in total. The van der Waals surface area contributed by atoms with Crippen LogP contribution in [0.25, 0.3) is 0 Å². The van der Waals surface area contributed by atoms with Gasteiger partial charge in [-0.05, 0) is 37.3 Å². The van der Waals surface area contributed by atoms with Gasteiger partial charge < -0.3 is 5.32 Å². The summed E-state index contributed by atoms with van der Waals surface area (Å²) in [6.45, 7) is 1.83.